The van der Waals surface area contributed by atoms with E-state index in [1.54, 1.807) is 7.05 Å². The Morgan fingerprint density at radius 3 is 2.62 bits per heavy atom. The fraction of sp³-hybridized carbons (Fsp3) is 0.333. The second-order valence-corrected chi connectivity index (χ2v) is 7.49. The molecule has 0 radical (unpaired) electrons. The van der Waals surface area contributed by atoms with Gasteiger partial charge in [-0.3, -0.25) is 4.99 Å². The molecule has 2 N–H and O–H groups in total. The molecular weight excluding hydrogens is 517 g/mol. The van der Waals surface area contributed by atoms with E-state index in [1.165, 1.54) is 11.1 Å². The van der Waals surface area contributed by atoms with Crippen LogP contribution in [0, 0.1) is 6.92 Å². The number of guanidine groups is 1. The van der Waals surface area contributed by atoms with Gasteiger partial charge < -0.3 is 20.1 Å². The lowest BCUT2D eigenvalue weighted by Crippen LogP contribution is -2.38. The van der Waals surface area contributed by atoms with E-state index < -0.39 is 0 Å². The predicted octanol–water partition coefficient (Wildman–Crippen LogP) is 3.87. The van der Waals surface area contributed by atoms with Gasteiger partial charge in [-0.05, 0) is 61.6 Å². The molecule has 0 aliphatic carbocycles. The maximum absolute atomic E-state index is 5.44. The van der Waals surface area contributed by atoms with Crippen LogP contribution in [0.15, 0.2) is 59.7 Å². The summed E-state index contributed by atoms with van der Waals surface area (Å²) in [6.07, 6.45) is 4.99. The summed E-state index contributed by atoms with van der Waals surface area (Å²) in [7, 11) is 1.80. The van der Waals surface area contributed by atoms with Crippen molar-refractivity contribution in [3.63, 3.8) is 0 Å². The largest absolute Gasteiger partial charge is 0.454 e. The molecule has 4 rings (SSSR count). The highest BCUT2D eigenvalue weighted by Crippen LogP contribution is 2.32. The first-order valence-electron chi connectivity index (χ1n) is 10.7. The molecule has 170 valence electrons. The van der Waals surface area contributed by atoms with Crippen molar-refractivity contribution in [2.45, 2.75) is 26.2 Å². The Bertz CT molecular complexity index is 1040. The Morgan fingerprint density at radius 2 is 1.81 bits per heavy atom. The van der Waals surface area contributed by atoms with E-state index in [0.29, 0.717) is 6.79 Å². The number of fused-ring (bicyclic) bond motifs is 1. The van der Waals surface area contributed by atoms with Crippen molar-refractivity contribution in [3.05, 3.63) is 71.5 Å². The maximum Gasteiger partial charge on any atom is 0.231 e. The van der Waals surface area contributed by atoms with Crippen molar-refractivity contribution in [1.82, 2.24) is 20.4 Å². The smallest absolute Gasteiger partial charge is 0.231 e. The van der Waals surface area contributed by atoms with Crippen molar-refractivity contribution >= 4 is 29.9 Å². The Morgan fingerprint density at radius 1 is 1.03 bits per heavy atom. The predicted molar refractivity (Wildman–Crippen MR) is 138 cm³/mol. The van der Waals surface area contributed by atoms with Gasteiger partial charge in [0.15, 0.2) is 17.5 Å². The fourth-order valence-electron chi connectivity index (χ4n) is 3.58. The van der Waals surface area contributed by atoms with E-state index >= 15 is 0 Å². The van der Waals surface area contributed by atoms with E-state index in [0.717, 1.165) is 61.2 Å². The van der Waals surface area contributed by atoms with Crippen LogP contribution in [-0.2, 0) is 12.8 Å². The minimum atomic E-state index is 0. The number of nitrogens with zero attached hydrogens (tertiary/aromatic N) is 3. The van der Waals surface area contributed by atoms with Crippen LogP contribution in [0.2, 0.25) is 0 Å². The zero-order chi connectivity index (χ0) is 21.5. The summed E-state index contributed by atoms with van der Waals surface area (Å²) < 4.78 is 12.8. The number of aliphatic imine (C=N–C) groups is 1. The Labute approximate surface area is 206 Å². The van der Waals surface area contributed by atoms with Gasteiger partial charge >= 0.3 is 0 Å². The number of aryl methyl sites for hydroxylation is 2. The van der Waals surface area contributed by atoms with Gasteiger partial charge in [-0.2, -0.15) is 5.10 Å². The third-order valence-electron chi connectivity index (χ3n) is 5.30. The van der Waals surface area contributed by atoms with Crippen molar-refractivity contribution in [3.8, 4) is 17.2 Å². The molecule has 2 heterocycles. The first-order valence-corrected chi connectivity index (χ1v) is 10.7. The summed E-state index contributed by atoms with van der Waals surface area (Å²) in [5.74, 6) is 2.46. The van der Waals surface area contributed by atoms with Gasteiger partial charge in [0.05, 0.1) is 11.4 Å². The summed E-state index contributed by atoms with van der Waals surface area (Å²) in [6, 6.07) is 16.3. The number of benzene rings is 2. The molecule has 0 amide bonds. The minimum Gasteiger partial charge on any atom is -0.454 e. The number of halogens is 1. The average molecular weight is 547 g/mol. The number of nitrogens with one attached hydrogen (secondary N) is 2. The summed E-state index contributed by atoms with van der Waals surface area (Å²) in [6.45, 7) is 4.01. The number of rotatable bonds is 8. The first-order chi connectivity index (χ1) is 15.2. The third-order valence-corrected chi connectivity index (χ3v) is 5.30. The van der Waals surface area contributed by atoms with Gasteiger partial charge in [-0.25, -0.2) is 4.68 Å². The molecule has 1 aliphatic rings. The minimum absolute atomic E-state index is 0. The molecule has 7 nitrogen and oxygen atoms in total. The molecule has 2 aromatic carbocycles. The second kappa shape index (κ2) is 11.8. The van der Waals surface area contributed by atoms with Gasteiger partial charge in [0.25, 0.3) is 0 Å². The first kappa shape index (κ1) is 23.9. The SMILES string of the molecule is CN=C(NCCCc1cn(-c2ccccc2)nc1C)NCCc1ccc2c(c1)OCO2.I. The lowest BCUT2D eigenvalue weighted by atomic mass is 10.1. The molecule has 8 heteroatoms. The van der Waals surface area contributed by atoms with Crippen LogP contribution in [0.3, 0.4) is 0 Å². The Kier molecular flexibility index (Phi) is 8.78. The van der Waals surface area contributed by atoms with Crippen LogP contribution in [0.1, 0.15) is 23.2 Å². The standard InChI is InChI=1S/C24H29N5O2.HI/c1-18-20(16-29(28-18)21-8-4-3-5-9-21)7-6-13-26-24(25-2)27-14-12-19-10-11-22-23(15-19)31-17-30-22;/h3-5,8-11,15-16H,6-7,12-14,17H2,1-2H3,(H2,25,26,27);1H. The van der Waals surface area contributed by atoms with Crippen LogP contribution in [0.4, 0.5) is 0 Å². The number of hydrogen-bond donors (Lipinski definition) is 2. The molecule has 32 heavy (non-hydrogen) atoms. The van der Waals surface area contributed by atoms with Gasteiger partial charge in [0.1, 0.15) is 0 Å². The summed E-state index contributed by atoms with van der Waals surface area (Å²) in [5.41, 5.74) is 4.65. The monoisotopic (exact) mass is 547 g/mol. The highest BCUT2D eigenvalue weighted by Gasteiger charge is 2.13. The molecule has 1 aliphatic heterocycles. The molecule has 0 unspecified atom stereocenters. The van der Waals surface area contributed by atoms with Gasteiger partial charge in [-0.1, -0.05) is 24.3 Å². The topological polar surface area (TPSA) is 72.7 Å². The van der Waals surface area contributed by atoms with E-state index in [-0.39, 0.29) is 24.0 Å². The van der Waals surface area contributed by atoms with E-state index in [9.17, 15) is 0 Å². The Hall–Kier alpha value is -2.75. The molecule has 0 bridgehead atoms. The van der Waals surface area contributed by atoms with Crippen LogP contribution in [0.25, 0.3) is 5.69 Å². The molecule has 0 fully saturated rings. The lowest BCUT2D eigenvalue weighted by Gasteiger charge is -2.12. The average Bonchev–Trinajstić information content (AvgIpc) is 3.42. The Balaban J connectivity index is 0.00000289. The molecule has 0 saturated carbocycles. The lowest BCUT2D eigenvalue weighted by molar-refractivity contribution is 0.174. The quantitative estimate of drug-likeness (QED) is 0.194. The zero-order valence-corrected chi connectivity index (χ0v) is 20.8. The van der Waals surface area contributed by atoms with E-state index in [1.807, 2.05) is 35.0 Å². The molecule has 0 atom stereocenters. The molecule has 3 aromatic rings. The van der Waals surface area contributed by atoms with Gasteiger partial charge in [0, 0.05) is 26.3 Å². The van der Waals surface area contributed by atoms with Crippen molar-refractivity contribution in [2.75, 3.05) is 26.9 Å². The normalized spacial score (nSPS) is 12.4. The van der Waals surface area contributed by atoms with Crippen LogP contribution < -0.4 is 20.1 Å². The van der Waals surface area contributed by atoms with Crippen molar-refractivity contribution < 1.29 is 9.47 Å². The highest BCUT2D eigenvalue weighted by molar-refractivity contribution is 14.0. The zero-order valence-electron chi connectivity index (χ0n) is 18.5. The van der Waals surface area contributed by atoms with Gasteiger partial charge in [0.2, 0.25) is 6.79 Å². The van der Waals surface area contributed by atoms with Crippen molar-refractivity contribution in [2.24, 2.45) is 4.99 Å². The number of ether oxygens (including phenoxy) is 2. The summed E-state index contributed by atoms with van der Waals surface area (Å²) in [4.78, 5) is 4.32. The molecular formula is C24H30IN5O2. The number of para-hydroxylation sites is 1. The highest BCUT2D eigenvalue weighted by atomic mass is 127. The summed E-state index contributed by atoms with van der Waals surface area (Å²) in [5, 5.41) is 11.4. The molecule has 0 saturated heterocycles. The number of hydrogen-bond acceptors (Lipinski definition) is 4. The van der Waals surface area contributed by atoms with Crippen LogP contribution in [0.5, 0.6) is 11.5 Å². The molecule has 1 aromatic heterocycles. The van der Waals surface area contributed by atoms with Crippen molar-refractivity contribution in [1.29, 1.82) is 0 Å². The van der Waals surface area contributed by atoms with Crippen LogP contribution >= 0.6 is 24.0 Å². The van der Waals surface area contributed by atoms with E-state index in [4.69, 9.17) is 9.47 Å². The maximum atomic E-state index is 5.44. The third kappa shape index (κ3) is 6.15. The number of aromatic nitrogens is 2. The fourth-order valence-corrected chi connectivity index (χ4v) is 3.58. The molecule has 0 spiro atoms. The second-order valence-electron chi connectivity index (χ2n) is 7.49. The van der Waals surface area contributed by atoms with E-state index in [2.05, 4.69) is 52.0 Å². The van der Waals surface area contributed by atoms with Crippen LogP contribution in [-0.4, -0.2) is 42.7 Å². The summed E-state index contributed by atoms with van der Waals surface area (Å²) >= 11 is 0. The van der Waals surface area contributed by atoms with Gasteiger partial charge in [-0.15, -0.1) is 24.0 Å².